The van der Waals surface area contributed by atoms with Crippen LogP contribution in [0.15, 0.2) is 30.5 Å². The van der Waals surface area contributed by atoms with Crippen LogP contribution in [0.3, 0.4) is 0 Å². The second-order valence-electron chi connectivity index (χ2n) is 4.78. The molecule has 0 aliphatic carbocycles. The number of carboxylic acids is 1. The number of rotatable bonds is 6. The second kappa shape index (κ2) is 6.93. The number of hydrogen-bond acceptors (Lipinski definition) is 3. The van der Waals surface area contributed by atoms with Crippen molar-refractivity contribution in [2.45, 2.75) is 32.9 Å². The van der Waals surface area contributed by atoms with Crippen LogP contribution in [0.4, 0.5) is 0 Å². The Bertz CT molecular complexity index is 640. The number of carbonyl (C=O) groups is 1. The van der Waals surface area contributed by atoms with E-state index in [1.807, 2.05) is 16.9 Å². The Balaban J connectivity index is 2.07. The van der Waals surface area contributed by atoms with Crippen LogP contribution < -0.4 is 4.74 Å². The molecule has 112 valence electrons. The Morgan fingerprint density at radius 1 is 1.48 bits per heavy atom. The molecule has 0 spiro atoms. The Labute approximate surface area is 137 Å². The van der Waals surface area contributed by atoms with E-state index >= 15 is 0 Å². The van der Waals surface area contributed by atoms with E-state index in [-0.39, 0.29) is 5.56 Å². The van der Waals surface area contributed by atoms with Gasteiger partial charge in [-0.1, -0.05) is 6.92 Å². The molecule has 0 saturated heterocycles. The van der Waals surface area contributed by atoms with Gasteiger partial charge in [-0.2, -0.15) is 5.10 Å². The van der Waals surface area contributed by atoms with Crippen molar-refractivity contribution in [1.29, 1.82) is 0 Å². The van der Waals surface area contributed by atoms with Crippen LogP contribution in [0.1, 0.15) is 42.4 Å². The molecular weight excluding hydrogens is 383 g/mol. The third-order valence-electron chi connectivity index (χ3n) is 3.26. The molecule has 2 rings (SSSR count). The fraction of sp³-hybridized carbons (Fsp3) is 0.333. The molecule has 0 saturated carbocycles. The summed E-state index contributed by atoms with van der Waals surface area (Å²) in [7, 11) is 0. The fourth-order valence-electron chi connectivity index (χ4n) is 1.79. The maximum absolute atomic E-state index is 11.0. The molecule has 1 aromatic heterocycles. The van der Waals surface area contributed by atoms with Gasteiger partial charge in [0.1, 0.15) is 12.4 Å². The van der Waals surface area contributed by atoms with Crippen LogP contribution in [-0.2, 0) is 6.61 Å². The molecule has 0 radical (unpaired) electrons. The van der Waals surface area contributed by atoms with Crippen LogP contribution in [0.5, 0.6) is 5.75 Å². The Kier molecular flexibility index (Phi) is 5.22. The van der Waals surface area contributed by atoms with Crippen molar-refractivity contribution >= 4 is 28.6 Å². The van der Waals surface area contributed by atoms with Gasteiger partial charge in [0.05, 0.1) is 14.8 Å². The molecule has 0 aliphatic heterocycles. The van der Waals surface area contributed by atoms with E-state index in [0.717, 1.165) is 15.7 Å². The van der Waals surface area contributed by atoms with Gasteiger partial charge >= 0.3 is 5.97 Å². The lowest BCUT2D eigenvalue weighted by atomic mass is 10.2. The first-order valence-corrected chi connectivity index (χ1v) is 7.78. The van der Waals surface area contributed by atoms with Crippen molar-refractivity contribution in [1.82, 2.24) is 9.78 Å². The Morgan fingerprint density at radius 2 is 2.24 bits per heavy atom. The molecule has 2 aromatic rings. The van der Waals surface area contributed by atoms with Crippen LogP contribution >= 0.6 is 22.6 Å². The molecule has 21 heavy (non-hydrogen) atoms. The van der Waals surface area contributed by atoms with Gasteiger partial charge in [-0.3, -0.25) is 4.68 Å². The average molecular weight is 400 g/mol. The van der Waals surface area contributed by atoms with Crippen molar-refractivity contribution in [2.75, 3.05) is 0 Å². The van der Waals surface area contributed by atoms with E-state index in [1.54, 1.807) is 12.1 Å². The molecule has 1 unspecified atom stereocenters. The number of carboxylic acid groups (broad SMARTS) is 1. The Morgan fingerprint density at radius 3 is 2.90 bits per heavy atom. The standard InChI is InChI=1S/C15H17IN2O3/c1-3-10(2)18-7-6-12(17-18)9-21-14-8-11(15(19)20)4-5-13(14)16/h4-8,10H,3,9H2,1-2H3,(H,19,20). The summed E-state index contributed by atoms with van der Waals surface area (Å²) >= 11 is 2.12. The minimum atomic E-state index is -0.961. The number of nitrogens with zero attached hydrogens (tertiary/aromatic N) is 2. The first kappa shape index (κ1) is 15.8. The van der Waals surface area contributed by atoms with Crippen molar-refractivity contribution in [3.05, 3.63) is 45.3 Å². The highest BCUT2D eigenvalue weighted by Gasteiger charge is 2.10. The van der Waals surface area contributed by atoms with Gasteiger partial charge in [-0.25, -0.2) is 4.79 Å². The van der Waals surface area contributed by atoms with Gasteiger partial charge in [0, 0.05) is 12.2 Å². The average Bonchev–Trinajstić information content (AvgIpc) is 2.94. The highest BCUT2D eigenvalue weighted by atomic mass is 127. The molecule has 5 nitrogen and oxygen atoms in total. The number of benzene rings is 1. The fourth-order valence-corrected chi connectivity index (χ4v) is 2.28. The molecule has 1 N–H and O–H groups in total. The molecule has 6 heteroatoms. The minimum Gasteiger partial charge on any atom is -0.486 e. The summed E-state index contributed by atoms with van der Waals surface area (Å²) in [4.78, 5) is 11.0. The van der Waals surface area contributed by atoms with Crippen molar-refractivity contribution < 1.29 is 14.6 Å². The molecule has 0 bridgehead atoms. The van der Waals surface area contributed by atoms with Crippen LogP contribution in [0.25, 0.3) is 0 Å². The number of halogens is 1. The summed E-state index contributed by atoms with van der Waals surface area (Å²) < 4.78 is 8.48. The second-order valence-corrected chi connectivity index (χ2v) is 5.95. The van der Waals surface area contributed by atoms with Gasteiger partial charge < -0.3 is 9.84 Å². The number of ether oxygens (including phenoxy) is 1. The third kappa shape index (κ3) is 3.96. The largest absolute Gasteiger partial charge is 0.486 e. The van der Waals surface area contributed by atoms with E-state index < -0.39 is 5.97 Å². The molecule has 0 amide bonds. The minimum absolute atomic E-state index is 0.218. The lowest BCUT2D eigenvalue weighted by Crippen LogP contribution is -2.06. The van der Waals surface area contributed by atoms with E-state index in [2.05, 4.69) is 41.5 Å². The quantitative estimate of drug-likeness (QED) is 0.751. The normalized spacial score (nSPS) is 12.1. The lowest BCUT2D eigenvalue weighted by Gasteiger charge is -2.09. The SMILES string of the molecule is CCC(C)n1ccc(COc2cc(C(=O)O)ccc2I)n1. The molecule has 1 heterocycles. The smallest absolute Gasteiger partial charge is 0.335 e. The Hall–Kier alpha value is -1.57. The predicted molar refractivity (Wildman–Crippen MR) is 87.7 cm³/mol. The summed E-state index contributed by atoms with van der Waals surface area (Å²) in [5, 5.41) is 13.5. The first-order valence-electron chi connectivity index (χ1n) is 6.71. The third-order valence-corrected chi connectivity index (χ3v) is 4.15. The summed E-state index contributed by atoms with van der Waals surface area (Å²) in [6.45, 7) is 4.54. The lowest BCUT2D eigenvalue weighted by molar-refractivity contribution is 0.0696. The van der Waals surface area contributed by atoms with Crippen LogP contribution in [-0.4, -0.2) is 20.9 Å². The van der Waals surface area contributed by atoms with Crippen molar-refractivity contribution in [3.63, 3.8) is 0 Å². The van der Waals surface area contributed by atoms with Crippen LogP contribution in [0.2, 0.25) is 0 Å². The van der Waals surface area contributed by atoms with Gasteiger partial charge in [-0.05, 0) is 60.2 Å². The maximum Gasteiger partial charge on any atom is 0.335 e. The zero-order chi connectivity index (χ0) is 15.4. The van der Waals surface area contributed by atoms with Crippen LogP contribution in [0, 0.1) is 3.57 Å². The summed E-state index contributed by atoms with van der Waals surface area (Å²) in [5.74, 6) is -0.397. The molecule has 1 atom stereocenters. The summed E-state index contributed by atoms with van der Waals surface area (Å²) in [6.07, 6.45) is 2.95. The molecule has 1 aromatic carbocycles. The van der Waals surface area contributed by atoms with Gasteiger partial charge in [0.15, 0.2) is 0 Å². The van der Waals surface area contributed by atoms with E-state index in [0.29, 0.717) is 18.4 Å². The molecule has 0 aliphatic rings. The van der Waals surface area contributed by atoms with Crippen molar-refractivity contribution in [3.8, 4) is 5.75 Å². The van der Waals surface area contributed by atoms with Gasteiger partial charge in [0.25, 0.3) is 0 Å². The number of aromatic carboxylic acids is 1. The zero-order valence-electron chi connectivity index (χ0n) is 11.9. The first-order chi connectivity index (χ1) is 10.0. The van der Waals surface area contributed by atoms with Gasteiger partial charge in [0.2, 0.25) is 0 Å². The van der Waals surface area contributed by atoms with E-state index in [9.17, 15) is 4.79 Å². The predicted octanol–water partition coefficient (Wildman–Crippen LogP) is 3.74. The maximum atomic E-state index is 11.0. The summed E-state index contributed by atoms with van der Waals surface area (Å²) in [5.41, 5.74) is 1.04. The van der Waals surface area contributed by atoms with E-state index in [1.165, 1.54) is 6.07 Å². The number of hydrogen-bond donors (Lipinski definition) is 1. The highest BCUT2D eigenvalue weighted by molar-refractivity contribution is 14.1. The summed E-state index contributed by atoms with van der Waals surface area (Å²) in [6, 6.07) is 7.11. The topological polar surface area (TPSA) is 64.3 Å². The highest BCUT2D eigenvalue weighted by Crippen LogP contribution is 2.23. The van der Waals surface area contributed by atoms with Crippen molar-refractivity contribution in [2.24, 2.45) is 0 Å². The number of aromatic nitrogens is 2. The monoisotopic (exact) mass is 400 g/mol. The van der Waals surface area contributed by atoms with Gasteiger partial charge in [-0.15, -0.1) is 0 Å². The van der Waals surface area contributed by atoms with E-state index in [4.69, 9.17) is 9.84 Å². The zero-order valence-corrected chi connectivity index (χ0v) is 14.1. The molecular formula is C15H17IN2O3. The molecule has 0 fully saturated rings.